The quantitative estimate of drug-likeness (QED) is 0.335. The fraction of sp³-hybridized carbons (Fsp3) is 0.667. The highest BCUT2D eigenvalue weighted by atomic mass is 16.7. The van der Waals surface area contributed by atoms with E-state index in [0.717, 1.165) is 30.6 Å². The number of urea groups is 1. The van der Waals surface area contributed by atoms with Gasteiger partial charge in [-0.25, -0.2) is 4.79 Å². The van der Waals surface area contributed by atoms with Crippen molar-refractivity contribution in [2.45, 2.75) is 70.9 Å². The van der Waals surface area contributed by atoms with Crippen molar-refractivity contribution in [2.24, 2.45) is 5.92 Å². The van der Waals surface area contributed by atoms with Crippen molar-refractivity contribution in [2.75, 3.05) is 53.1 Å². The molecule has 42 heavy (non-hydrogen) atoms. The van der Waals surface area contributed by atoms with Gasteiger partial charge in [-0.05, 0) is 37.0 Å². The first kappa shape index (κ1) is 31.6. The summed E-state index contributed by atoms with van der Waals surface area (Å²) < 4.78 is 11.1. The third-order valence-electron chi connectivity index (χ3n) is 8.68. The van der Waals surface area contributed by atoms with Crippen LogP contribution in [0.4, 0.5) is 4.79 Å². The zero-order valence-corrected chi connectivity index (χ0v) is 24.9. The van der Waals surface area contributed by atoms with Crippen molar-refractivity contribution in [1.29, 1.82) is 0 Å². The predicted molar refractivity (Wildman–Crippen MR) is 153 cm³/mol. The van der Waals surface area contributed by atoms with Crippen LogP contribution in [0.15, 0.2) is 12.1 Å². The smallest absolute Gasteiger partial charge is 0.326 e. The molecule has 0 radical (unpaired) electrons. The Kier molecular flexibility index (Phi) is 10.7. The fourth-order valence-electron chi connectivity index (χ4n) is 6.27. The van der Waals surface area contributed by atoms with Crippen molar-refractivity contribution >= 4 is 23.8 Å². The number of carboxylic acid groups (broad SMARTS) is 1. The molecule has 3 aliphatic rings. The van der Waals surface area contributed by atoms with E-state index >= 15 is 0 Å². The third-order valence-corrected chi connectivity index (χ3v) is 8.68. The lowest BCUT2D eigenvalue weighted by Crippen LogP contribution is -2.52. The lowest BCUT2D eigenvalue weighted by Gasteiger charge is -2.34. The molecule has 4 rings (SSSR count). The number of amides is 4. The summed E-state index contributed by atoms with van der Waals surface area (Å²) in [6, 6.07) is 2.60. The molecule has 0 aromatic heterocycles. The van der Waals surface area contributed by atoms with Gasteiger partial charge in [0.1, 0.15) is 0 Å². The Bertz CT molecular complexity index is 1150. The van der Waals surface area contributed by atoms with Crippen LogP contribution < -0.4 is 9.47 Å². The van der Waals surface area contributed by atoms with Crippen LogP contribution in [0.1, 0.15) is 69.4 Å². The van der Waals surface area contributed by atoms with Crippen LogP contribution in [0.25, 0.3) is 0 Å². The van der Waals surface area contributed by atoms with Crippen LogP contribution in [0, 0.1) is 5.92 Å². The number of rotatable bonds is 14. The monoisotopic (exact) mass is 588 g/mol. The van der Waals surface area contributed by atoms with Gasteiger partial charge in [-0.3, -0.25) is 24.2 Å². The van der Waals surface area contributed by atoms with Crippen molar-refractivity contribution < 1.29 is 38.9 Å². The first-order valence-electron chi connectivity index (χ1n) is 15.0. The number of hydrogen-bond donors (Lipinski definition) is 2. The zero-order chi connectivity index (χ0) is 30.4. The second-order valence-electron chi connectivity index (χ2n) is 11.4. The van der Waals surface area contributed by atoms with E-state index in [2.05, 4.69) is 13.8 Å². The summed E-state index contributed by atoms with van der Waals surface area (Å²) in [5.41, 5.74) is 1.22. The summed E-state index contributed by atoms with van der Waals surface area (Å²) in [5, 5.41) is 20.5. The Morgan fingerprint density at radius 1 is 1.10 bits per heavy atom. The Hall–Kier alpha value is -3.38. The van der Waals surface area contributed by atoms with Gasteiger partial charge in [0.15, 0.2) is 11.5 Å². The molecule has 2 fully saturated rings. The molecular weight excluding hydrogens is 544 g/mol. The molecule has 232 valence electrons. The first-order chi connectivity index (χ1) is 20.2. The number of carbonyl (C=O) groups is 4. The molecule has 0 saturated carbocycles. The first-order valence-corrected chi connectivity index (χ1v) is 15.0. The topological polar surface area (TPSA) is 140 Å². The summed E-state index contributed by atoms with van der Waals surface area (Å²) >= 11 is 0. The van der Waals surface area contributed by atoms with Gasteiger partial charge in [-0.1, -0.05) is 26.7 Å². The maximum Gasteiger partial charge on any atom is 0.326 e. The fourth-order valence-corrected chi connectivity index (χ4v) is 6.27. The van der Waals surface area contributed by atoms with Gasteiger partial charge in [0, 0.05) is 63.7 Å². The van der Waals surface area contributed by atoms with Crippen molar-refractivity contribution in [1.82, 2.24) is 19.6 Å². The largest absolute Gasteiger partial charge is 0.481 e. The van der Waals surface area contributed by atoms with E-state index in [4.69, 9.17) is 9.47 Å². The van der Waals surface area contributed by atoms with E-state index < -0.39 is 29.9 Å². The van der Waals surface area contributed by atoms with E-state index in [9.17, 15) is 29.4 Å². The van der Waals surface area contributed by atoms with Gasteiger partial charge in [0.2, 0.25) is 18.6 Å². The molecule has 0 bridgehead atoms. The van der Waals surface area contributed by atoms with Crippen molar-refractivity contribution in [3.05, 3.63) is 23.3 Å². The normalized spacial score (nSPS) is 22.2. The Labute approximate surface area is 247 Å². The number of nitrogens with zero attached hydrogens (tertiary/aromatic N) is 4. The lowest BCUT2D eigenvalue weighted by molar-refractivity contribution is -0.144. The number of aliphatic hydroxyl groups is 1. The summed E-state index contributed by atoms with van der Waals surface area (Å²) in [4.78, 5) is 57.8. The molecular formula is C30H44N4O8. The number of unbranched alkanes of at least 4 members (excludes halogenated alkanes) is 2. The molecule has 0 spiro atoms. The van der Waals surface area contributed by atoms with Gasteiger partial charge in [-0.2, -0.15) is 0 Å². The zero-order valence-electron chi connectivity index (χ0n) is 24.9. The standard InChI is InChI=1S/C30H44N4O8/c1-4-6-10-32(11-7-5-2)26(37)17-34-16-22(20-14-21(18-35)28-24(15-20)41-19-42-28)27(29(38)39)23(34)8-12-33-13-9-25(36)31(3)30(33)40/h14-15,22-23,27,35H,4-13,16-19H2,1-3H3,(H,38,39)/t22-,23+,27-/m1/s1. The van der Waals surface area contributed by atoms with Crippen LogP contribution in [-0.4, -0.2) is 113 Å². The van der Waals surface area contributed by atoms with Crippen molar-refractivity contribution in [3.63, 3.8) is 0 Å². The van der Waals surface area contributed by atoms with Gasteiger partial charge >= 0.3 is 12.0 Å². The highest BCUT2D eigenvalue weighted by Gasteiger charge is 2.48. The second-order valence-corrected chi connectivity index (χ2v) is 11.4. The highest BCUT2D eigenvalue weighted by molar-refractivity contribution is 5.96. The molecule has 3 aliphatic heterocycles. The van der Waals surface area contributed by atoms with E-state index in [-0.39, 0.29) is 51.3 Å². The number of carboxylic acids is 1. The number of aliphatic carboxylic acids is 1. The van der Waals surface area contributed by atoms with E-state index in [1.807, 2.05) is 9.80 Å². The van der Waals surface area contributed by atoms with Crippen LogP contribution in [0.2, 0.25) is 0 Å². The molecule has 2 N–H and O–H groups in total. The maximum atomic E-state index is 13.6. The maximum absolute atomic E-state index is 13.6. The molecule has 2 saturated heterocycles. The number of likely N-dealkylation sites (tertiary alicyclic amines) is 1. The third kappa shape index (κ3) is 6.81. The van der Waals surface area contributed by atoms with E-state index in [0.29, 0.717) is 48.7 Å². The SMILES string of the molecule is CCCCN(CCCC)C(=O)CN1C[C@H](c2cc(CO)c3c(c2)OCO3)[C@@H](C(=O)O)[C@@H]1CCN1CCC(=O)N(C)C1=O. The van der Waals surface area contributed by atoms with Crippen LogP contribution in [0.5, 0.6) is 11.5 Å². The number of imide groups is 1. The Morgan fingerprint density at radius 2 is 1.81 bits per heavy atom. The number of ether oxygens (including phenoxy) is 2. The molecule has 1 aromatic rings. The molecule has 12 nitrogen and oxygen atoms in total. The van der Waals surface area contributed by atoms with Gasteiger partial charge in [-0.15, -0.1) is 0 Å². The summed E-state index contributed by atoms with van der Waals surface area (Å²) in [5.74, 6) is -1.70. The van der Waals surface area contributed by atoms with Crippen LogP contribution in [0.3, 0.4) is 0 Å². The predicted octanol–water partition coefficient (Wildman–Crippen LogP) is 2.48. The summed E-state index contributed by atoms with van der Waals surface area (Å²) in [6.07, 6.45) is 4.25. The average Bonchev–Trinajstić information content (AvgIpc) is 3.60. The summed E-state index contributed by atoms with van der Waals surface area (Å²) in [6.45, 7) is 6.15. The second kappa shape index (κ2) is 14.2. The average molecular weight is 589 g/mol. The Morgan fingerprint density at radius 3 is 2.45 bits per heavy atom. The highest BCUT2D eigenvalue weighted by Crippen LogP contribution is 2.44. The van der Waals surface area contributed by atoms with E-state index in [1.54, 1.807) is 17.0 Å². The number of aliphatic hydroxyl groups excluding tert-OH is 1. The van der Waals surface area contributed by atoms with Gasteiger partial charge in [0.05, 0.1) is 19.1 Å². The molecule has 0 unspecified atom stereocenters. The molecule has 1 aromatic carbocycles. The minimum Gasteiger partial charge on any atom is -0.481 e. The lowest BCUT2D eigenvalue weighted by atomic mass is 9.83. The molecule has 4 amide bonds. The van der Waals surface area contributed by atoms with E-state index in [1.165, 1.54) is 7.05 Å². The van der Waals surface area contributed by atoms with Gasteiger partial charge in [0.25, 0.3) is 0 Å². The number of hydrogen-bond acceptors (Lipinski definition) is 8. The number of carbonyl (C=O) groups excluding carboxylic acids is 3. The van der Waals surface area contributed by atoms with Crippen LogP contribution >= 0.6 is 0 Å². The summed E-state index contributed by atoms with van der Waals surface area (Å²) in [7, 11) is 1.45. The molecule has 0 aliphatic carbocycles. The number of benzene rings is 1. The minimum atomic E-state index is -0.991. The molecule has 3 heterocycles. The van der Waals surface area contributed by atoms with Crippen LogP contribution in [-0.2, 0) is 21.0 Å². The molecule has 12 heteroatoms. The molecule has 3 atom stereocenters. The minimum absolute atomic E-state index is 0.0221. The Balaban J connectivity index is 1.63. The van der Waals surface area contributed by atoms with Crippen molar-refractivity contribution in [3.8, 4) is 11.5 Å². The number of fused-ring (bicyclic) bond motifs is 1. The van der Waals surface area contributed by atoms with Gasteiger partial charge < -0.3 is 29.5 Å².